The van der Waals surface area contributed by atoms with Crippen LogP contribution in [0.4, 0.5) is 0 Å². The largest absolute Gasteiger partial charge is 0.369 e. The van der Waals surface area contributed by atoms with Crippen molar-refractivity contribution in [2.24, 2.45) is 11.7 Å². The van der Waals surface area contributed by atoms with Gasteiger partial charge in [0, 0.05) is 13.1 Å². The molecule has 3 rings (SSSR count). The fourth-order valence-electron chi connectivity index (χ4n) is 3.54. The molecule has 0 aromatic heterocycles. The summed E-state index contributed by atoms with van der Waals surface area (Å²) in [5, 5.41) is 0. The Morgan fingerprint density at radius 3 is 2.43 bits per heavy atom. The molecule has 1 unspecified atom stereocenters. The van der Waals surface area contributed by atoms with Gasteiger partial charge in [0.05, 0.1) is 10.8 Å². The highest BCUT2D eigenvalue weighted by molar-refractivity contribution is 7.89. The maximum Gasteiger partial charge on any atom is 0.240 e. The van der Waals surface area contributed by atoms with Gasteiger partial charge in [0.25, 0.3) is 0 Å². The number of carbonyl (C=O) groups is 1. The lowest BCUT2D eigenvalue weighted by molar-refractivity contribution is -0.123. The predicted molar refractivity (Wildman–Crippen MR) is 110 cm³/mol. The molecule has 0 bridgehead atoms. The van der Waals surface area contributed by atoms with Crippen LogP contribution in [0, 0.1) is 5.92 Å². The van der Waals surface area contributed by atoms with Crippen molar-refractivity contribution in [1.82, 2.24) is 9.62 Å². The summed E-state index contributed by atoms with van der Waals surface area (Å²) in [5.74, 6) is -0.335. The average molecular weight is 402 g/mol. The number of hydrogen-bond acceptors (Lipinski definition) is 4. The van der Waals surface area contributed by atoms with Gasteiger partial charge in [-0.3, -0.25) is 4.79 Å². The number of benzene rings is 2. The van der Waals surface area contributed by atoms with Gasteiger partial charge in [-0.05, 0) is 55.6 Å². The van der Waals surface area contributed by atoms with Gasteiger partial charge in [0.1, 0.15) is 0 Å². The highest BCUT2D eigenvalue weighted by Gasteiger charge is 2.23. The summed E-state index contributed by atoms with van der Waals surface area (Å²) in [4.78, 5) is 13.8. The van der Waals surface area contributed by atoms with Gasteiger partial charge in [-0.15, -0.1) is 0 Å². The van der Waals surface area contributed by atoms with Crippen LogP contribution in [0.15, 0.2) is 59.5 Å². The Morgan fingerprint density at radius 2 is 1.75 bits per heavy atom. The van der Waals surface area contributed by atoms with Crippen molar-refractivity contribution in [3.05, 3.63) is 54.6 Å². The Labute approximate surface area is 166 Å². The van der Waals surface area contributed by atoms with Crippen LogP contribution in [0.25, 0.3) is 11.1 Å². The molecule has 0 aliphatic carbocycles. The molecule has 7 heteroatoms. The van der Waals surface area contributed by atoms with Gasteiger partial charge in [0.2, 0.25) is 15.9 Å². The number of carbonyl (C=O) groups excluding carboxylic acids is 1. The number of nitrogens with one attached hydrogen (secondary N) is 1. The third-order valence-electron chi connectivity index (χ3n) is 5.12. The summed E-state index contributed by atoms with van der Waals surface area (Å²) in [6.07, 6.45) is 2.48. The highest BCUT2D eigenvalue weighted by atomic mass is 32.2. The zero-order chi connectivity index (χ0) is 20.0. The third kappa shape index (κ3) is 5.41. The smallest absolute Gasteiger partial charge is 0.240 e. The van der Waals surface area contributed by atoms with Crippen LogP contribution in [0.3, 0.4) is 0 Å². The number of nitrogens with two attached hydrogens (primary N) is 1. The molecule has 1 saturated heterocycles. The van der Waals surface area contributed by atoms with Crippen molar-refractivity contribution < 1.29 is 13.2 Å². The number of primary amides is 1. The molecule has 0 saturated carbocycles. The summed E-state index contributed by atoms with van der Waals surface area (Å²) in [6.45, 7) is 2.71. The van der Waals surface area contributed by atoms with Gasteiger partial charge in [-0.25, -0.2) is 13.1 Å². The molecule has 2 aromatic rings. The number of rotatable bonds is 8. The number of nitrogens with zero attached hydrogens (tertiary/aromatic N) is 1. The SMILES string of the molecule is NC(=O)C1CCCN(CCCNS(=O)(=O)c2ccc(-c3ccccc3)cc2)C1. The van der Waals surface area contributed by atoms with Crippen LogP contribution < -0.4 is 10.5 Å². The third-order valence-corrected chi connectivity index (χ3v) is 6.60. The summed E-state index contributed by atoms with van der Waals surface area (Å²) in [5.41, 5.74) is 7.43. The Hall–Kier alpha value is -2.22. The summed E-state index contributed by atoms with van der Waals surface area (Å²) >= 11 is 0. The minimum absolute atomic E-state index is 0.0893. The zero-order valence-corrected chi connectivity index (χ0v) is 16.7. The number of sulfonamides is 1. The molecule has 2 aromatic carbocycles. The number of likely N-dealkylation sites (tertiary alicyclic amines) is 1. The highest BCUT2D eigenvalue weighted by Crippen LogP contribution is 2.21. The molecule has 0 radical (unpaired) electrons. The first kappa shape index (κ1) is 20.5. The Kier molecular flexibility index (Phi) is 6.83. The van der Waals surface area contributed by atoms with Crippen LogP contribution >= 0.6 is 0 Å². The van der Waals surface area contributed by atoms with Crippen molar-refractivity contribution >= 4 is 15.9 Å². The second kappa shape index (κ2) is 9.32. The van der Waals surface area contributed by atoms with Crippen LogP contribution in [0.5, 0.6) is 0 Å². The lowest BCUT2D eigenvalue weighted by Crippen LogP contribution is -2.42. The van der Waals surface area contributed by atoms with Crippen molar-refractivity contribution in [2.75, 3.05) is 26.2 Å². The van der Waals surface area contributed by atoms with E-state index in [1.165, 1.54) is 0 Å². The first-order valence-electron chi connectivity index (χ1n) is 9.62. The molecular weight excluding hydrogens is 374 g/mol. The Morgan fingerprint density at radius 1 is 1.07 bits per heavy atom. The van der Waals surface area contributed by atoms with Crippen molar-refractivity contribution in [2.45, 2.75) is 24.2 Å². The average Bonchev–Trinajstić information content (AvgIpc) is 2.72. The molecule has 0 spiro atoms. The minimum Gasteiger partial charge on any atom is -0.369 e. The van der Waals surface area contributed by atoms with Crippen LogP contribution in [-0.2, 0) is 14.8 Å². The zero-order valence-electron chi connectivity index (χ0n) is 15.9. The van der Waals surface area contributed by atoms with E-state index in [0.717, 1.165) is 37.1 Å². The van der Waals surface area contributed by atoms with Gasteiger partial charge in [-0.2, -0.15) is 0 Å². The molecule has 1 aliphatic heterocycles. The Balaban J connectivity index is 1.49. The second-order valence-electron chi connectivity index (χ2n) is 7.18. The molecule has 1 aliphatic rings. The second-order valence-corrected chi connectivity index (χ2v) is 8.95. The van der Waals surface area contributed by atoms with E-state index in [2.05, 4.69) is 9.62 Å². The van der Waals surface area contributed by atoms with E-state index in [4.69, 9.17) is 5.73 Å². The van der Waals surface area contributed by atoms with Gasteiger partial charge in [0.15, 0.2) is 0 Å². The van der Waals surface area contributed by atoms with Crippen molar-refractivity contribution in [3.63, 3.8) is 0 Å². The summed E-state index contributed by atoms with van der Waals surface area (Å²) in [7, 11) is -3.53. The van der Waals surface area contributed by atoms with Crippen molar-refractivity contribution in [3.8, 4) is 11.1 Å². The normalized spacial score (nSPS) is 18.1. The van der Waals surface area contributed by atoms with E-state index in [9.17, 15) is 13.2 Å². The van der Waals surface area contributed by atoms with E-state index in [1.54, 1.807) is 12.1 Å². The fourth-order valence-corrected chi connectivity index (χ4v) is 4.61. The maximum atomic E-state index is 12.5. The first-order valence-corrected chi connectivity index (χ1v) is 11.1. The minimum atomic E-state index is -3.53. The summed E-state index contributed by atoms with van der Waals surface area (Å²) in [6, 6.07) is 16.7. The molecule has 28 heavy (non-hydrogen) atoms. The van der Waals surface area contributed by atoms with Crippen LogP contribution in [0.1, 0.15) is 19.3 Å². The van der Waals surface area contributed by atoms with E-state index in [1.807, 2.05) is 42.5 Å². The monoisotopic (exact) mass is 401 g/mol. The van der Waals surface area contributed by atoms with Gasteiger partial charge in [-0.1, -0.05) is 42.5 Å². The predicted octanol–water partition coefficient (Wildman–Crippen LogP) is 2.22. The lowest BCUT2D eigenvalue weighted by atomic mass is 9.97. The maximum absolute atomic E-state index is 12.5. The van der Waals surface area contributed by atoms with Gasteiger partial charge < -0.3 is 10.6 Å². The molecule has 3 N–H and O–H groups in total. The number of hydrogen-bond donors (Lipinski definition) is 2. The molecular formula is C21H27N3O3S. The number of amides is 1. The fraction of sp³-hybridized carbons (Fsp3) is 0.381. The molecule has 1 fully saturated rings. The van der Waals surface area contributed by atoms with E-state index in [0.29, 0.717) is 19.5 Å². The number of piperidine rings is 1. The molecule has 1 atom stereocenters. The van der Waals surface area contributed by atoms with E-state index >= 15 is 0 Å². The standard InChI is InChI=1S/C21H27N3O3S/c22-21(25)19-8-4-14-24(16-19)15-5-13-23-28(26,27)20-11-9-18(10-12-20)17-6-2-1-3-7-17/h1-3,6-7,9-12,19,23H,4-5,8,13-16H2,(H2,22,25). The van der Waals surface area contributed by atoms with Crippen LogP contribution in [-0.4, -0.2) is 45.4 Å². The quantitative estimate of drug-likeness (QED) is 0.664. The molecule has 1 amide bonds. The summed E-state index contributed by atoms with van der Waals surface area (Å²) < 4.78 is 27.6. The van der Waals surface area contributed by atoms with Crippen molar-refractivity contribution in [1.29, 1.82) is 0 Å². The molecule has 150 valence electrons. The topological polar surface area (TPSA) is 92.5 Å². The van der Waals surface area contributed by atoms with E-state index < -0.39 is 10.0 Å². The molecule has 1 heterocycles. The van der Waals surface area contributed by atoms with Crippen LogP contribution in [0.2, 0.25) is 0 Å². The van der Waals surface area contributed by atoms with E-state index in [-0.39, 0.29) is 16.7 Å². The Bertz CT molecular complexity index is 883. The first-order chi connectivity index (χ1) is 13.5. The molecule has 6 nitrogen and oxygen atoms in total. The van der Waals surface area contributed by atoms with Gasteiger partial charge >= 0.3 is 0 Å². The lowest BCUT2D eigenvalue weighted by Gasteiger charge is -2.31.